The lowest BCUT2D eigenvalue weighted by Crippen LogP contribution is -2.06. The second-order valence-electron chi connectivity index (χ2n) is 4.81. The Bertz CT molecular complexity index is 585. The smallest absolute Gasteiger partial charge is 0.171 e. The summed E-state index contributed by atoms with van der Waals surface area (Å²) in [5.41, 5.74) is 2.24. The molecule has 0 spiro atoms. The predicted molar refractivity (Wildman–Crippen MR) is 86.2 cm³/mol. The number of halogens is 1. The molecule has 2 rings (SSSR count). The van der Waals surface area contributed by atoms with Crippen molar-refractivity contribution in [1.29, 1.82) is 0 Å². The van der Waals surface area contributed by atoms with Crippen LogP contribution in [-0.2, 0) is 0 Å². The molecular weight excluding hydrogens is 322 g/mol. The molecule has 3 nitrogen and oxygen atoms in total. The monoisotopic (exact) mass is 339 g/mol. The number of aromatic nitrogens is 2. The van der Waals surface area contributed by atoms with Gasteiger partial charge in [-0.25, -0.2) is 9.97 Å². The molecule has 102 valence electrons. The summed E-state index contributed by atoms with van der Waals surface area (Å²) in [5, 5.41) is 3.19. The molecule has 0 bridgehead atoms. The third kappa shape index (κ3) is 2.82. The fourth-order valence-electron chi connectivity index (χ4n) is 2.14. The molecular formula is C14H18BrN3S. The van der Waals surface area contributed by atoms with Gasteiger partial charge >= 0.3 is 0 Å². The second-order valence-corrected chi connectivity index (χ2v) is 6.93. The third-order valence-electron chi connectivity index (χ3n) is 3.03. The Morgan fingerprint density at radius 1 is 1.26 bits per heavy atom. The lowest BCUT2D eigenvalue weighted by Gasteiger charge is -2.15. The molecule has 0 fully saturated rings. The van der Waals surface area contributed by atoms with Crippen LogP contribution in [0.4, 0.5) is 5.82 Å². The van der Waals surface area contributed by atoms with Crippen LogP contribution < -0.4 is 5.32 Å². The van der Waals surface area contributed by atoms with Gasteiger partial charge in [0.25, 0.3) is 0 Å². The van der Waals surface area contributed by atoms with E-state index in [1.165, 1.54) is 10.4 Å². The third-order valence-corrected chi connectivity index (χ3v) is 5.16. The maximum absolute atomic E-state index is 4.67. The van der Waals surface area contributed by atoms with Crippen molar-refractivity contribution in [3.63, 3.8) is 0 Å². The summed E-state index contributed by atoms with van der Waals surface area (Å²) >= 11 is 5.25. The number of thiophene rings is 1. The van der Waals surface area contributed by atoms with Gasteiger partial charge in [0.2, 0.25) is 0 Å². The quantitative estimate of drug-likeness (QED) is 0.876. The molecule has 5 heteroatoms. The normalized spacial score (nSPS) is 11.1. The Morgan fingerprint density at radius 2 is 1.95 bits per heavy atom. The Morgan fingerprint density at radius 3 is 2.42 bits per heavy atom. The van der Waals surface area contributed by atoms with E-state index in [9.17, 15) is 0 Å². The molecule has 0 atom stereocenters. The summed E-state index contributed by atoms with van der Waals surface area (Å²) in [7, 11) is 1.91. The van der Waals surface area contributed by atoms with Gasteiger partial charge in [0.05, 0.1) is 4.88 Å². The van der Waals surface area contributed by atoms with E-state index in [1.54, 1.807) is 11.3 Å². The van der Waals surface area contributed by atoms with Crippen molar-refractivity contribution >= 4 is 33.1 Å². The Labute approximate surface area is 126 Å². The average Bonchev–Trinajstić information content (AvgIpc) is 2.68. The van der Waals surface area contributed by atoms with E-state index in [0.717, 1.165) is 26.7 Å². The van der Waals surface area contributed by atoms with Gasteiger partial charge in [0, 0.05) is 27.7 Å². The van der Waals surface area contributed by atoms with E-state index in [0.29, 0.717) is 5.92 Å². The molecule has 0 unspecified atom stereocenters. The summed E-state index contributed by atoms with van der Waals surface area (Å²) in [5.74, 6) is 2.14. The number of nitrogens with zero attached hydrogens (tertiary/aromatic N) is 2. The van der Waals surface area contributed by atoms with Crippen molar-refractivity contribution in [2.24, 2.45) is 0 Å². The standard InChI is InChI=1S/C14H18BrN3S/c1-7(2)12-8(3)17-13(18-14(12)16-5)11-6-10(15)9(4)19-11/h6-7H,1-5H3,(H,16,17,18). The molecule has 0 radical (unpaired) electrons. The van der Waals surface area contributed by atoms with Crippen molar-refractivity contribution in [2.45, 2.75) is 33.6 Å². The fraction of sp³-hybridized carbons (Fsp3) is 0.429. The highest BCUT2D eigenvalue weighted by Crippen LogP contribution is 2.34. The zero-order valence-corrected chi connectivity index (χ0v) is 14.2. The number of anilines is 1. The number of rotatable bonds is 3. The highest BCUT2D eigenvalue weighted by atomic mass is 79.9. The summed E-state index contributed by atoms with van der Waals surface area (Å²) in [4.78, 5) is 11.7. The highest BCUT2D eigenvalue weighted by molar-refractivity contribution is 9.10. The first kappa shape index (κ1) is 14.5. The van der Waals surface area contributed by atoms with Crippen LogP contribution in [0.3, 0.4) is 0 Å². The molecule has 2 heterocycles. The first-order valence-corrected chi connectivity index (χ1v) is 7.87. The van der Waals surface area contributed by atoms with Crippen molar-refractivity contribution in [1.82, 2.24) is 9.97 Å². The van der Waals surface area contributed by atoms with Crippen LogP contribution >= 0.6 is 27.3 Å². The lowest BCUT2D eigenvalue weighted by molar-refractivity contribution is 0.834. The van der Waals surface area contributed by atoms with Crippen LogP contribution in [0.2, 0.25) is 0 Å². The first-order chi connectivity index (χ1) is 8.93. The fourth-order valence-corrected chi connectivity index (χ4v) is 3.61. The molecule has 0 aliphatic heterocycles. The van der Waals surface area contributed by atoms with Gasteiger partial charge in [0.1, 0.15) is 5.82 Å². The molecule has 0 aliphatic rings. The molecule has 0 amide bonds. The lowest BCUT2D eigenvalue weighted by atomic mass is 10.0. The minimum atomic E-state index is 0.410. The number of aryl methyl sites for hydroxylation is 2. The molecule has 0 aromatic carbocycles. The van der Waals surface area contributed by atoms with Crippen molar-refractivity contribution in [3.05, 3.63) is 26.7 Å². The largest absolute Gasteiger partial charge is 0.373 e. The van der Waals surface area contributed by atoms with E-state index in [4.69, 9.17) is 0 Å². The van der Waals surface area contributed by atoms with Crippen LogP contribution in [0.15, 0.2) is 10.5 Å². The van der Waals surface area contributed by atoms with Gasteiger partial charge in [-0.1, -0.05) is 13.8 Å². The van der Waals surface area contributed by atoms with Crippen molar-refractivity contribution in [2.75, 3.05) is 12.4 Å². The van der Waals surface area contributed by atoms with Gasteiger partial charge < -0.3 is 5.32 Å². The molecule has 1 N–H and O–H groups in total. The number of hydrogen-bond donors (Lipinski definition) is 1. The Balaban J connectivity index is 2.57. The maximum Gasteiger partial charge on any atom is 0.171 e. The SMILES string of the molecule is CNc1nc(-c2cc(Br)c(C)s2)nc(C)c1C(C)C. The van der Waals surface area contributed by atoms with E-state index < -0.39 is 0 Å². The molecule has 2 aromatic heterocycles. The van der Waals surface area contributed by atoms with Crippen LogP contribution in [0.25, 0.3) is 10.7 Å². The van der Waals surface area contributed by atoms with Crippen LogP contribution in [0.5, 0.6) is 0 Å². The van der Waals surface area contributed by atoms with E-state index in [1.807, 2.05) is 7.05 Å². The topological polar surface area (TPSA) is 37.8 Å². The van der Waals surface area contributed by atoms with Gasteiger partial charge in [0.15, 0.2) is 5.82 Å². The molecule has 0 saturated heterocycles. The molecule has 19 heavy (non-hydrogen) atoms. The maximum atomic E-state index is 4.67. The van der Waals surface area contributed by atoms with E-state index in [2.05, 4.69) is 65.0 Å². The second kappa shape index (κ2) is 5.59. The van der Waals surface area contributed by atoms with E-state index in [-0.39, 0.29) is 0 Å². The molecule has 0 saturated carbocycles. The summed E-state index contributed by atoms with van der Waals surface area (Å²) in [6, 6.07) is 2.09. The minimum Gasteiger partial charge on any atom is -0.373 e. The average molecular weight is 340 g/mol. The summed E-state index contributed by atoms with van der Waals surface area (Å²) < 4.78 is 1.12. The van der Waals surface area contributed by atoms with Gasteiger partial charge in [-0.15, -0.1) is 11.3 Å². The van der Waals surface area contributed by atoms with Gasteiger partial charge in [-0.3, -0.25) is 0 Å². The highest BCUT2D eigenvalue weighted by Gasteiger charge is 2.16. The Hall–Kier alpha value is -0.940. The zero-order valence-electron chi connectivity index (χ0n) is 11.8. The van der Waals surface area contributed by atoms with Crippen LogP contribution in [-0.4, -0.2) is 17.0 Å². The van der Waals surface area contributed by atoms with Crippen molar-refractivity contribution in [3.8, 4) is 10.7 Å². The molecule has 0 aliphatic carbocycles. The van der Waals surface area contributed by atoms with Gasteiger partial charge in [-0.2, -0.15) is 0 Å². The van der Waals surface area contributed by atoms with E-state index >= 15 is 0 Å². The zero-order chi connectivity index (χ0) is 14.2. The number of hydrogen-bond acceptors (Lipinski definition) is 4. The van der Waals surface area contributed by atoms with Crippen molar-refractivity contribution < 1.29 is 0 Å². The Kier molecular flexibility index (Phi) is 4.26. The van der Waals surface area contributed by atoms with Crippen LogP contribution in [0, 0.1) is 13.8 Å². The van der Waals surface area contributed by atoms with Gasteiger partial charge in [-0.05, 0) is 41.8 Å². The van der Waals surface area contributed by atoms with Crippen LogP contribution in [0.1, 0.15) is 35.9 Å². The predicted octanol–water partition coefficient (Wildman–Crippen LogP) is 4.75. The summed E-state index contributed by atoms with van der Waals surface area (Å²) in [6.45, 7) is 8.47. The summed E-state index contributed by atoms with van der Waals surface area (Å²) in [6.07, 6.45) is 0. The molecule has 2 aromatic rings. The minimum absolute atomic E-state index is 0.410. The number of nitrogens with one attached hydrogen (secondary N) is 1. The first-order valence-electron chi connectivity index (χ1n) is 6.26.